The van der Waals surface area contributed by atoms with Gasteiger partial charge in [0.2, 0.25) is 6.54 Å². The predicted molar refractivity (Wildman–Crippen MR) is 76.7 cm³/mol. The molecule has 0 amide bonds. The van der Waals surface area contributed by atoms with Gasteiger partial charge in [0, 0.05) is 23.6 Å². The summed E-state index contributed by atoms with van der Waals surface area (Å²) < 4.78 is 0. The zero-order valence-electron chi connectivity index (χ0n) is 11.3. The summed E-state index contributed by atoms with van der Waals surface area (Å²) in [5.41, 5.74) is 1.46. The zero-order chi connectivity index (χ0) is 14.4. The quantitative estimate of drug-likeness (QED) is 0.348. The van der Waals surface area contributed by atoms with Crippen LogP contribution in [0.4, 0.5) is 0 Å². The number of nitro groups is 1. The second-order valence-electron chi connectivity index (χ2n) is 4.85. The highest BCUT2D eigenvalue weighted by atomic mass is 35.5. The van der Waals surface area contributed by atoms with Gasteiger partial charge >= 0.3 is 0 Å². The van der Waals surface area contributed by atoms with Crippen LogP contribution in [0.3, 0.4) is 0 Å². The maximum Gasteiger partial charge on any atom is 0.241 e. The average molecular weight is 284 g/mol. The molecule has 19 heavy (non-hydrogen) atoms. The Kier molecular flexibility index (Phi) is 5.89. The normalized spacial score (nSPS) is 13.6. The first-order valence-electron chi connectivity index (χ1n) is 6.16. The van der Waals surface area contributed by atoms with Crippen LogP contribution in [0.5, 0.6) is 0 Å². The van der Waals surface area contributed by atoms with E-state index in [1.807, 2.05) is 26.8 Å². The van der Waals surface area contributed by atoms with Crippen LogP contribution in [0.2, 0.25) is 5.15 Å². The molecule has 6 heteroatoms. The third-order valence-electron chi connectivity index (χ3n) is 2.70. The lowest BCUT2D eigenvalue weighted by atomic mass is 9.97. The lowest BCUT2D eigenvalue weighted by molar-refractivity contribution is -0.463. The zero-order valence-corrected chi connectivity index (χ0v) is 12.1. The summed E-state index contributed by atoms with van der Waals surface area (Å²) in [5.74, 6) is 0.242. The number of hydrogen-bond acceptors (Lipinski definition) is 4. The molecule has 0 saturated heterocycles. The second-order valence-corrected chi connectivity index (χ2v) is 5.24. The molecule has 104 valence electrons. The molecule has 0 radical (unpaired) electrons. The van der Waals surface area contributed by atoms with E-state index >= 15 is 0 Å². The van der Waals surface area contributed by atoms with Gasteiger partial charge in [-0.1, -0.05) is 38.4 Å². The largest absolute Gasteiger partial charge is 0.286 e. The third-order valence-corrected chi connectivity index (χ3v) is 2.92. The van der Waals surface area contributed by atoms with Crippen molar-refractivity contribution in [2.45, 2.75) is 26.7 Å². The Morgan fingerprint density at radius 2 is 2.16 bits per heavy atom. The van der Waals surface area contributed by atoms with Crippen molar-refractivity contribution in [3.05, 3.63) is 39.2 Å². The smallest absolute Gasteiger partial charge is 0.241 e. The molecule has 0 aliphatic heterocycles. The van der Waals surface area contributed by atoms with Crippen molar-refractivity contribution < 1.29 is 4.92 Å². The minimum Gasteiger partial charge on any atom is -0.286 e. The summed E-state index contributed by atoms with van der Waals surface area (Å²) in [6, 6.07) is 3.50. The van der Waals surface area contributed by atoms with E-state index in [0.717, 1.165) is 5.56 Å². The van der Waals surface area contributed by atoms with Gasteiger partial charge in [-0.15, -0.1) is 0 Å². The van der Waals surface area contributed by atoms with Crippen LogP contribution in [-0.4, -0.2) is 28.7 Å². The fraction of sp³-hybridized carbons (Fsp3) is 0.538. The van der Waals surface area contributed by atoms with Crippen LogP contribution in [-0.2, 0) is 0 Å². The fourth-order valence-electron chi connectivity index (χ4n) is 1.59. The predicted octanol–water partition coefficient (Wildman–Crippen LogP) is 3.21. The van der Waals surface area contributed by atoms with Crippen molar-refractivity contribution >= 4 is 17.3 Å². The van der Waals surface area contributed by atoms with Gasteiger partial charge in [0.1, 0.15) is 5.15 Å². The van der Waals surface area contributed by atoms with Gasteiger partial charge in [0.05, 0.1) is 5.71 Å². The molecule has 1 aromatic rings. The maximum absolute atomic E-state index is 10.7. The van der Waals surface area contributed by atoms with Crippen LogP contribution < -0.4 is 0 Å². The number of pyridine rings is 1. The topological polar surface area (TPSA) is 68.4 Å². The van der Waals surface area contributed by atoms with E-state index in [2.05, 4.69) is 9.98 Å². The Morgan fingerprint density at radius 3 is 2.63 bits per heavy atom. The van der Waals surface area contributed by atoms with E-state index in [-0.39, 0.29) is 17.4 Å². The van der Waals surface area contributed by atoms with Gasteiger partial charge < -0.3 is 0 Å². The Balaban J connectivity index is 2.92. The minimum absolute atomic E-state index is 0.131. The van der Waals surface area contributed by atoms with Crippen LogP contribution in [0.1, 0.15) is 32.3 Å². The summed E-state index contributed by atoms with van der Waals surface area (Å²) in [4.78, 5) is 18.8. The Bertz CT molecular complexity index is 457. The fourth-order valence-corrected chi connectivity index (χ4v) is 1.70. The van der Waals surface area contributed by atoms with Gasteiger partial charge in [-0.3, -0.25) is 15.1 Å². The molecule has 0 spiro atoms. The minimum atomic E-state index is -0.348. The average Bonchev–Trinajstić information content (AvgIpc) is 2.34. The number of nitrogens with zero attached hydrogens (tertiary/aromatic N) is 3. The molecule has 0 saturated carbocycles. The summed E-state index contributed by atoms with van der Waals surface area (Å²) in [6.07, 6.45) is 1.64. The molecule has 1 rings (SSSR count). The van der Waals surface area contributed by atoms with Gasteiger partial charge in [-0.05, 0) is 17.5 Å². The molecule has 5 nitrogen and oxygen atoms in total. The molecule has 1 aromatic heterocycles. The molecule has 0 N–H and O–H groups in total. The maximum atomic E-state index is 10.7. The molecule has 0 aliphatic rings. The number of aromatic nitrogens is 1. The van der Waals surface area contributed by atoms with Crippen molar-refractivity contribution in [2.75, 3.05) is 13.1 Å². The number of halogens is 1. The molecular formula is C13H18ClN3O2. The third kappa shape index (κ3) is 5.34. The lowest BCUT2D eigenvalue weighted by Gasteiger charge is -2.13. The number of rotatable bonds is 6. The van der Waals surface area contributed by atoms with E-state index in [0.29, 0.717) is 23.3 Å². The SMILES string of the molecule is CC(C)CN=C(C[N+](=O)[O-])C(C)c1ccc(Cl)nc1. The molecule has 1 heterocycles. The highest BCUT2D eigenvalue weighted by Crippen LogP contribution is 2.18. The van der Waals surface area contributed by atoms with Crippen LogP contribution >= 0.6 is 11.6 Å². The second kappa shape index (κ2) is 7.19. The molecular weight excluding hydrogens is 266 g/mol. The van der Waals surface area contributed by atoms with Crippen LogP contribution in [0.15, 0.2) is 23.3 Å². The van der Waals surface area contributed by atoms with Crippen LogP contribution in [0.25, 0.3) is 0 Å². The van der Waals surface area contributed by atoms with E-state index in [1.165, 1.54) is 0 Å². The highest BCUT2D eigenvalue weighted by Gasteiger charge is 2.18. The summed E-state index contributed by atoms with van der Waals surface area (Å²) in [7, 11) is 0. The highest BCUT2D eigenvalue weighted by molar-refractivity contribution is 6.29. The molecule has 0 aromatic carbocycles. The monoisotopic (exact) mass is 283 g/mol. The summed E-state index contributed by atoms with van der Waals surface area (Å²) in [5, 5.41) is 11.1. The standard InChI is InChI=1S/C13H18ClN3O2/c1-9(2)6-15-12(8-17(18)19)10(3)11-4-5-13(14)16-7-11/h4-5,7,9-10H,6,8H2,1-3H3. The van der Waals surface area contributed by atoms with Gasteiger partial charge in [0.15, 0.2) is 0 Å². The molecule has 0 bridgehead atoms. The number of hydrogen-bond donors (Lipinski definition) is 0. The van der Waals surface area contributed by atoms with Gasteiger partial charge in [0.25, 0.3) is 0 Å². The Labute approximate surface area is 117 Å². The van der Waals surface area contributed by atoms with Crippen molar-refractivity contribution in [2.24, 2.45) is 10.9 Å². The first-order valence-corrected chi connectivity index (χ1v) is 6.54. The lowest BCUT2D eigenvalue weighted by Crippen LogP contribution is -2.21. The molecule has 1 atom stereocenters. The van der Waals surface area contributed by atoms with Crippen molar-refractivity contribution in [1.82, 2.24) is 4.98 Å². The summed E-state index contributed by atoms with van der Waals surface area (Å²) in [6.45, 7) is 6.31. The molecule has 1 unspecified atom stereocenters. The van der Waals surface area contributed by atoms with Crippen molar-refractivity contribution in [3.8, 4) is 0 Å². The van der Waals surface area contributed by atoms with E-state index in [1.54, 1.807) is 12.3 Å². The van der Waals surface area contributed by atoms with E-state index < -0.39 is 0 Å². The number of aliphatic imine (C=N–C) groups is 1. The first kappa shape index (κ1) is 15.6. The molecule has 0 aliphatic carbocycles. The first-order chi connectivity index (χ1) is 8.90. The van der Waals surface area contributed by atoms with E-state index in [4.69, 9.17) is 11.6 Å². The molecule has 0 fully saturated rings. The van der Waals surface area contributed by atoms with Crippen molar-refractivity contribution in [1.29, 1.82) is 0 Å². The van der Waals surface area contributed by atoms with Gasteiger partial charge in [-0.25, -0.2) is 4.98 Å². The van der Waals surface area contributed by atoms with Gasteiger partial charge in [-0.2, -0.15) is 0 Å². The summed E-state index contributed by atoms with van der Waals surface area (Å²) >= 11 is 5.73. The van der Waals surface area contributed by atoms with Crippen molar-refractivity contribution in [3.63, 3.8) is 0 Å². The van der Waals surface area contributed by atoms with Crippen LogP contribution in [0, 0.1) is 16.0 Å². The Hall–Kier alpha value is -1.49. The Morgan fingerprint density at radius 1 is 1.47 bits per heavy atom. The van der Waals surface area contributed by atoms with E-state index in [9.17, 15) is 10.1 Å².